The molecule has 0 radical (unpaired) electrons. The zero-order valence-corrected chi connectivity index (χ0v) is 11.9. The Morgan fingerprint density at radius 1 is 1.37 bits per heavy atom. The van der Waals surface area contributed by atoms with Crippen LogP contribution < -0.4 is 0 Å². The van der Waals surface area contributed by atoms with Gasteiger partial charge in [-0.3, -0.25) is 9.88 Å². The van der Waals surface area contributed by atoms with Gasteiger partial charge in [0, 0.05) is 24.9 Å². The van der Waals surface area contributed by atoms with Gasteiger partial charge < -0.3 is 0 Å². The highest BCUT2D eigenvalue weighted by Gasteiger charge is 2.22. The summed E-state index contributed by atoms with van der Waals surface area (Å²) in [7, 11) is 0. The molecule has 1 aliphatic rings. The SMILES string of the molecule is CCCCC#CCN1CCCCC1c1cccnc1. The highest BCUT2D eigenvalue weighted by atomic mass is 15.2. The van der Waals surface area contributed by atoms with Crippen LogP contribution in [0.4, 0.5) is 0 Å². The van der Waals surface area contributed by atoms with Gasteiger partial charge in [-0.15, -0.1) is 5.92 Å². The Morgan fingerprint density at radius 2 is 2.32 bits per heavy atom. The van der Waals surface area contributed by atoms with Crippen molar-refractivity contribution in [3.8, 4) is 11.8 Å². The van der Waals surface area contributed by atoms with Gasteiger partial charge in [-0.2, -0.15) is 0 Å². The van der Waals surface area contributed by atoms with Crippen molar-refractivity contribution >= 4 is 0 Å². The molecular weight excluding hydrogens is 232 g/mol. The highest BCUT2D eigenvalue weighted by molar-refractivity contribution is 5.16. The maximum Gasteiger partial charge on any atom is 0.0606 e. The molecule has 2 rings (SSSR count). The molecule has 102 valence electrons. The number of pyridine rings is 1. The summed E-state index contributed by atoms with van der Waals surface area (Å²) < 4.78 is 0. The fourth-order valence-corrected chi connectivity index (χ4v) is 2.64. The third-order valence-corrected chi connectivity index (χ3v) is 3.75. The van der Waals surface area contributed by atoms with Crippen LogP contribution in [0.1, 0.15) is 57.1 Å². The smallest absolute Gasteiger partial charge is 0.0606 e. The van der Waals surface area contributed by atoms with E-state index >= 15 is 0 Å². The van der Waals surface area contributed by atoms with Crippen molar-refractivity contribution in [2.24, 2.45) is 0 Å². The van der Waals surface area contributed by atoms with Gasteiger partial charge in [-0.25, -0.2) is 0 Å². The van der Waals surface area contributed by atoms with Crippen LogP contribution in [0.25, 0.3) is 0 Å². The summed E-state index contributed by atoms with van der Waals surface area (Å²) in [5.74, 6) is 6.64. The summed E-state index contributed by atoms with van der Waals surface area (Å²) in [5.41, 5.74) is 1.34. The Hall–Kier alpha value is -1.33. The van der Waals surface area contributed by atoms with Gasteiger partial charge in [0.05, 0.1) is 6.54 Å². The van der Waals surface area contributed by atoms with Gasteiger partial charge in [-0.1, -0.05) is 31.8 Å². The van der Waals surface area contributed by atoms with Crippen molar-refractivity contribution in [2.45, 2.75) is 51.5 Å². The van der Waals surface area contributed by atoms with Crippen molar-refractivity contribution < 1.29 is 0 Å². The molecular formula is C17H24N2. The molecule has 1 atom stereocenters. The van der Waals surface area contributed by atoms with E-state index in [2.05, 4.69) is 34.7 Å². The molecule has 0 saturated carbocycles. The topological polar surface area (TPSA) is 16.1 Å². The maximum atomic E-state index is 4.25. The molecule has 2 nitrogen and oxygen atoms in total. The number of hydrogen-bond acceptors (Lipinski definition) is 2. The summed E-state index contributed by atoms with van der Waals surface area (Å²) in [6.07, 6.45) is 11.2. The third kappa shape index (κ3) is 4.36. The zero-order valence-electron chi connectivity index (χ0n) is 11.9. The van der Waals surface area contributed by atoms with Gasteiger partial charge in [0.2, 0.25) is 0 Å². The molecule has 0 aromatic carbocycles. The van der Waals surface area contributed by atoms with Crippen molar-refractivity contribution in [1.82, 2.24) is 9.88 Å². The van der Waals surface area contributed by atoms with Gasteiger partial charge in [-0.05, 0) is 37.4 Å². The van der Waals surface area contributed by atoms with Crippen LogP contribution in [0.3, 0.4) is 0 Å². The highest BCUT2D eigenvalue weighted by Crippen LogP contribution is 2.29. The van der Waals surface area contributed by atoms with Crippen LogP contribution >= 0.6 is 0 Å². The number of unbranched alkanes of at least 4 members (excludes halogenated alkanes) is 2. The summed E-state index contributed by atoms with van der Waals surface area (Å²) in [6, 6.07) is 4.75. The lowest BCUT2D eigenvalue weighted by Gasteiger charge is -2.34. The first kappa shape index (κ1) is 14.1. The number of likely N-dealkylation sites (tertiary alicyclic amines) is 1. The summed E-state index contributed by atoms with van der Waals surface area (Å²) >= 11 is 0. The van der Waals surface area contributed by atoms with E-state index in [1.54, 1.807) is 0 Å². The van der Waals surface area contributed by atoms with Gasteiger partial charge in [0.15, 0.2) is 0 Å². The molecule has 0 amide bonds. The largest absolute Gasteiger partial charge is 0.285 e. The summed E-state index contributed by atoms with van der Waals surface area (Å²) in [4.78, 5) is 6.77. The van der Waals surface area contributed by atoms with Gasteiger partial charge in [0.25, 0.3) is 0 Å². The summed E-state index contributed by atoms with van der Waals surface area (Å²) in [5, 5.41) is 0. The second-order valence-corrected chi connectivity index (χ2v) is 5.23. The van der Waals surface area contributed by atoms with E-state index in [0.717, 1.165) is 13.0 Å². The number of nitrogens with zero attached hydrogens (tertiary/aromatic N) is 2. The molecule has 2 heterocycles. The van der Waals surface area contributed by atoms with Crippen molar-refractivity contribution in [1.29, 1.82) is 0 Å². The van der Waals surface area contributed by atoms with Gasteiger partial charge >= 0.3 is 0 Å². The Labute approximate surface area is 117 Å². The van der Waals surface area contributed by atoms with Crippen LogP contribution in [-0.2, 0) is 0 Å². The molecule has 1 fully saturated rings. The Bertz CT molecular complexity index is 416. The van der Waals surface area contributed by atoms with E-state index in [1.165, 1.54) is 44.2 Å². The van der Waals surface area contributed by atoms with E-state index in [9.17, 15) is 0 Å². The van der Waals surface area contributed by atoms with Crippen molar-refractivity contribution in [2.75, 3.05) is 13.1 Å². The molecule has 19 heavy (non-hydrogen) atoms. The molecule has 1 aromatic heterocycles. The Balaban J connectivity index is 1.94. The predicted octanol–water partition coefficient (Wildman–Crippen LogP) is 3.80. The minimum absolute atomic E-state index is 0.517. The zero-order chi connectivity index (χ0) is 13.3. The van der Waals surface area contributed by atoms with Gasteiger partial charge in [0.1, 0.15) is 0 Å². The maximum absolute atomic E-state index is 4.25. The normalized spacial score (nSPS) is 19.7. The Morgan fingerprint density at radius 3 is 3.11 bits per heavy atom. The molecule has 1 unspecified atom stereocenters. The fourth-order valence-electron chi connectivity index (χ4n) is 2.64. The first-order valence-electron chi connectivity index (χ1n) is 7.51. The lowest BCUT2D eigenvalue weighted by atomic mass is 9.96. The molecule has 1 aliphatic heterocycles. The Kier molecular flexibility index (Phi) is 5.91. The minimum atomic E-state index is 0.517. The second kappa shape index (κ2) is 7.96. The molecule has 1 saturated heterocycles. The van der Waals surface area contributed by atoms with Crippen LogP contribution in [0.5, 0.6) is 0 Å². The number of hydrogen-bond donors (Lipinski definition) is 0. The van der Waals surface area contributed by atoms with E-state index in [4.69, 9.17) is 0 Å². The molecule has 0 bridgehead atoms. The molecule has 1 aromatic rings. The van der Waals surface area contributed by atoms with Crippen LogP contribution in [0.2, 0.25) is 0 Å². The minimum Gasteiger partial charge on any atom is -0.285 e. The number of rotatable bonds is 4. The molecule has 0 aliphatic carbocycles. The monoisotopic (exact) mass is 256 g/mol. The standard InChI is InChI=1S/C17H24N2/c1-2-3-4-5-7-13-19-14-8-6-11-17(19)16-10-9-12-18-15-16/h9-10,12,15,17H,2-4,6,8,11,13-14H2,1H3. The average Bonchev–Trinajstić information content (AvgIpc) is 2.48. The van der Waals surface area contributed by atoms with Crippen molar-refractivity contribution in [3.05, 3.63) is 30.1 Å². The second-order valence-electron chi connectivity index (χ2n) is 5.23. The fraction of sp³-hybridized carbons (Fsp3) is 0.588. The lowest BCUT2D eigenvalue weighted by molar-refractivity contribution is 0.169. The molecule has 2 heteroatoms. The average molecular weight is 256 g/mol. The molecule has 0 N–H and O–H groups in total. The van der Waals surface area contributed by atoms with Crippen LogP contribution in [0, 0.1) is 11.8 Å². The van der Waals surface area contributed by atoms with E-state index in [-0.39, 0.29) is 0 Å². The number of aromatic nitrogens is 1. The van der Waals surface area contributed by atoms with E-state index in [0.29, 0.717) is 6.04 Å². The summed E-state index contributed by atoms with van der Waals surface area (Å²) in [6.45, 7) is 4.29. The molecule has 0 spiro atoms. The van der Waals surface area contributed by atoms with Crippen LogP contribution in [0.15, 0.2) is 24.5 Å². The quantitative estimate of drug-likeness (QED) is 0.601. The van der Waals surface area contributed by atoms with E-state index < -0.39 is 0 Å². The first-order chi connectivity index (χ1) is 9.42. The van der Waals surface area contributed by atoms with Crippen LogP contribution in [-0.4, -0.2) is 23.0 Å². The van der Waals surface area contributed by atoms with E-state index in [1.807, 2.05) is 18.5 Å². The number of piperidine rings is 1. The van der Waals surface area contributed by atoms with Crippen molar-refractivity contribution in [3.63, 3.8) is 0 Å². The third-order valence-electron chi connectivity index (χ3n) is 3.75. The first-order valence-corrected chi connectivity index (χ1v) is 7.51. The predicted molar refractivity (Wildman–Crippen MR) is 79.7 cm³/mol. The lowest BCUT2D eigenvalue weighted by Crippen LogP contribution is -2.33.